The Hall–Kier alpha value is -2.95. The first-order valence-corrected chi connectivity index (χ1v) is 8.74. The van der Waals surface area contributed by atoms with E-state index in [0.717, 1.165) is 17.0 Å². The van der Waals surface area contributed by atoms with Gasteiger partial charge in [-0.1, -0.05) is 30.3 Å². The maximum atomic E-state index is 13.0. The van der Waals surface area contributed by atoms with E-state index in [1.54, 1.807) is 16.6 Å². The van der Waals surface area contributed by atoms with Gasteiger partial charge < -0.3 is 4.90 Å². The van der Waals surface area contributed by atoms with Crippen molar-refractivity contribution in [1.29, 1.82) is 0 Å². The highest BCUT2D eigenvalue weighted by atomic mass is 16.2. The van der Waals surface area contributed by atoms with E-state index in [1.807, 2.05) is 69.6 Å². The van der Waals surface area contributed by atoms with Crippen LogP contribution in [-0.2, 0) is 13.5 Å². The zero-order valence-corrected chi connectivity index (χ0v) is 15.7. The van der Waals surface area contributed by atoms with E-state index in [9.17, 15) is 4.79 Å². The Morgan fingerprint density at radius 1 is 1.19 bits per heavy atom. The zero-order valence-electron chi connectivity index (χ0n) is 15.7. The van der Waals surface area contributed by atoms with Crippen LogP contribution >= 0.6 is 0 Å². The molecule has 0 radical (unpaired) electrons. The van der Waals surface area contributed by atoms with Crippen molar-refractivity contribution in [3.8, 4) is 11.3 Å². The lowest BCUT2D eigenvalue weighted by Gasteiger charge is -2.24. The minimum Gasteiger partial charge on any atom is -0.337 e. The molecular weight excluding hydrogens is 324 g/mol. The van der Waals surface area contributed by atoms with Crippen molar-refractivity contribution in [3.05, 3.63) is 71.7 Å². The molecule has 2 aromatic heterocycles. The molecule has 0 fully saturated rings. The van der Waals surface area contributed by atoms with Gasteiger partial charge in [-0.3, -0.25) is 14.5 Å². The summed E-state index contributed by atoms with van der Waals surface area (Å²) >= 11 is 0. The van der Waals surface area contributed by atoms with Gasteiger partial charge in [0.15, 0.2) is 0 Å². The fraction of sp³-hybridized carbons (Fsp3) is 0.286. The summed E-state index contributed by atoms with van der Waals surface area (Å²) in [5, 5.41) is 4.50. The van der Waals surface area contributed by atoms with E-state index >= 15 is 0 Å². The van der Waals surface area contributed by atoms with Gasteiger partial charge in [0.2, 0.25) is 0 Å². The Bertz CT molecular complexity index is 901. The molecule has 0 saturated carbocycles. The van der Waals surface area contributed by atoms with Crippen LogP contribution in [0.5, 0.6) is 0 Å². The van der Waals surface area contributed by atoms with Crippen molar-refractivity contribution in [3.63, 3.8) is 0 Å². The maximum Gasteiger partial charge on any atom is 0.272 e. The molecule has 0 saturated heterocycles. The van der Waals surface area contributed by atoms with Gasteiger partial charge in [-0.05, 0) is 37.6 Å². The number of aromatic nitrogens is 3. The first-order valence-electron chi connectivity index (χ1n) is 8.74. The van der Waals surface area contributed by atoms with Gasteiger partial charge >= 0.3 is 0 Å². The molecule has 0 N–H and O–H groups in total. The molecule has 134 valence electrons. The SMILES string of the molecule is Cc1ccnc(CC(C)N(C)C(=O)c2cc(-c3ccccc3)nn2C)c1. The fourth-order valence-corrected chi connectivity index (χ4v) is 2.95. The number of hydrogen-bond acceptors (Lipinski definition) is 3. The second-order valence-electron chi connectivity index (χ2n) is 6.70. The van der Waals surface area contributed by atoms with Gasteiger partial charge in [-0.25, -0.2) is 0 Å². The molecule has 0 aliphatic heterocycles. The predicted octanol–water partition coefficient (Wildman–Crippen LogP) is 3.49. The Kier molecular flexibility index (Phi) is 5.16. The number of likely N-dealkylation sites (N-methyl/N-ethyl adjacent to an activating group) is 1. The van der Waals surface area contributed by atoms with Gasteiger partial charge in [0.05, 0.1) is 5.69 Å². The Morgan fingerprint density at radius 2 is 1.92 bits per heavy atom. The number of carbonyl (C=O) groups excluding carboxylic acids is 1. The smallest absolute Gasteiger partial charge is 0.272 e. The first-order chi connectivity index (χ1) is 12.5. The van der Waals surface area contributed by atoms with Crippen LogP contribution in [-0.4, -0.2) is 38.7 Å². The maximum absolute atomic E-state index is 13.0. The molecule has 0 aliphatic rings. The largest absolute Gasteiger partial charge is 0.337 e. The Labute approximate surface area is 154 Å². The zero-order chi connectivity index (χ0) is 18.7. The number of pyridine rings is 1. The molecule has 0 bridgehead atoms. The first kappa shape index (κ1) is 17.9. The second kappa shape index (κ2) is 7.52. The molecule has 26 heavy (non-hydrogen) atoms. The average molecular weight is 348 g/mol. The summed E-state index contributed by atoms with van der Waals surface area (Å²) in [7, 11) is 3.64. The second-order valence-corrected chi connectivity index (χ2v) is 6.70. The van der Waals surface area contributed by atoms with Crippen molar-refractivity contribution in [1.82, 2.24) is 19.7 Å². The normalized spacial score (nSPS) is 12.0. The lowest BCUT2D eigenvalue weighted by molar-refractivity contribution is 0.0732. The van der Waals surface area contributed by atoms with E-state index in [0.29, 0.717) is 12.1 Å². The van der Waals surface area contributed by atoms with Crippen molar-refractivity contribution < 1.29 is 4.79 Å². The van der Waals surface area contributed by atoms with Gasteiger partial charge in [0.1, 0.15) is 5.69 Å². The number of hydrogen-bond donors (Lipinski definition) is 0. The van der Waals surface area contributed by atoms with Crippen LogP contribution in [0, 0.1) is 6.92 Å². The number of carbonyl (C=O) groups is 1. The highest BCUT2D eigenvalue weighted by Crippen LogP contribution is 2.20. The molecule has 0 spiro atoms. The number of rotatable bonds is 5. The monoisotopic (exact) mass is 348 g/mol. The quantitative estimate of drug-likeness (QED) is 0.709. The van der Waals surface area contributed by atoms with Gasteiger partial charge in [-0.2, -0.15) is 5.10 Å². The molecule has 2 heterocycles. The third-order valence-corrected chi connectivity index (χ3v) is 4.63. The van der Waals surface area contributed by atoms with Crippen molar-refractivity contribution in [2.24, 2.45) is 7.05 Å². The summed E-state index contributed by atoms with van der Waals surface area (Å²) in [5.41, 5.74) is 4.55. The molecule has 3 aromatic rings. The standard InChI is InChI=1S/C21H24N4O/c1-15-10-11-22-18(12-15)13-16(2)24(3)21(26)20-14-19(23-25(20)4)17-8-6-5-7-9-17/h5-12,14,16H,13H2,1-4H3. The van der Waals surface area contributed by atoms with Gasteiger partial charge in [0, 0.05) is 44.0 Å². The highest BCUT2D eigenvalue weighted by Gasteiger charge is 2.22. The van der Waals surface area contributed by atoms with Crippen LogP contribution in [0.1, 0.15) is 28.7 Å². The van der Waals surface area contributed by atoms with E-state index in [-0.39, 0.29) is 11.9 Å². The number of benzene rings is 1. The molecule has 1 atom stereocenters. The summed E-state index contributed by atoms with van der Waals surface area (Å²) in [6.45, 7) is 4.09. The van der Waals surface area contributed by atoms with Crippen LogP contribution < -0.4 is 0 Å². The molecule has 5 heteroatoms. The molecule has 0 aliphatic carbocycles. The minimum absolute atomic E-state index is 0.0341. The molecule has 3 rings (SSSR count). The molecule has 1 unspecified atom stereocenters. The number of aryl methyl sites for hydroxylation is 2. The lowest BCUT2D eigenvalue weighted by Crippen LogP contribution is -2.37. The number of nitrogens with zero attached hydrogens (tertiary/aromatic N) is 4. The van der Waals surface area contributed by atoms with E-state index in [2.05, 4.69) is 16.1 Å². The topological polar surface area (TPSA) is 51.0 Å². The van der Waals surface area contributed by atoms with Crippen molar-refractivity contribution >= 4 is 5.91 Å². The van der Waals surface area contributed by atoms with E-state index in [1.165, 1.54) is 5.56 Å². The fourth-order valence-electron chi connectivity index (χ4n) is 2.95. The van der Waals surface area contributed by atoms with E-state index in [4.69, 9.17) is 0 Å². The molecular formula is C21H24N4O. The van der Waals surface area contributed by atoms with Crippen molar-refractivity contribution in [2.45, 2.75) is 26.3 Å². The van der Waals surface area contributed by atoms with Crippen LogP contribution in [0.15, 0.2) is 54.7 Å². The Morgan fingerprint density at radius 3 is 2.62 bits per heavy atom. The summed E-state index contributed by atoms with van der Waals surface area (Å²) in [4.78, 5) is 19.1. The van der Waals surface area contributed by atoms with E-state index < -0.39 is 0 Å². The lowest BCUT2D eigenvalue weighted by atomic mass is 10.1. The van der Waals surface area contributed by atoms with Crippen LogP contribution in [0.2, 0.25) is 0 Å². The van der Waals surface area contributed by atoms with Crippen LogP contribution in [0.4, 0.5) is 0 Å². The predicted molar refractivity (Wildman–Crippen MR) is 103 cm³/mol. The number of amides is 1. The van der Waals surface area contributed by atoms with Gasteiger partial charge in [-0.15, -0.1) is 0 Å². The average Bonchev–Trinajstić information content (AvgIpc) is 3.03. The molecule has 1 amide bonds. The summed E-state index contributed by atoms with van der Waals surface area (Å²) in [6.07, 6.45) is 2.53. The molecule has 1 aromatic carbocycles. The third-order valence-electron chi connectivity index (χ3n) is 4.63. The van der Waals surface area contributed by atoms with Crippen LogP contribution in [0.25, 0.3) is 11.3 Å². The summed E-state index contributed by atoms with van der Waals surface area (Å²) < 4.78 is 1.65. The van der Waals surface area contributed by atoms with Crippen LogP contribution in [0.3, 0.4) is 0 Å². The van der Waals surface area contributed by atoms with Gasteiger partial charge in [0.25, 0.3) is 5.91 Å². The van der Waals surface area contributed by atoms with Crippen molar-refractivity contribution in [2.75, 3.05) is 7.05 Å². The summed E-state index contributed by atoms with van der Waals surface area (Å²) in [6, 6.07) is 15.8. The Balaban J connectivity index is 1.77. The molecule has 5 nitrogen and oxygen atoms in total. The summed E-state index contributed by atoms with van der Waals surface area (Å²) in [5.74, 6) is -0.0395. The minimum atomic E-state index is -0.0395. The highest BCUT2D eigenvalue weighted by molar-refractivity contribution is 5.93. The third kappa shape index (κ3) is 3.82.